The lowest BCUT2D eigenvalue weighted by atomic mass is 10.2. The third-order valence-electron chi connectivity index (χ3n) is 3.41. The Morgan fingerprint density at radius 3 is 2.92 bits per heavy atom. The van der Waals surface area contributed by atoms with Crippen LogP contribution in [0.15, 0.2) is 34.2 Å². The molecule has 0 fully saturated rings. The molecule has 1 unspecified atom stereocenters. The van der Waals surface area contributed by atoms with E-state index in [0.717, 1.165) is 17.0 Å². The monoisotopic (exact) mass is 397 g/mol. The Labute approximate surface area is 160 Å². The maximum atomic E-state index is 12.4. The minimum atomic E-state index is -0.421. The van der Waals surface area contributed by atoms with Crippen LogP contribution in [0.4, 0.5) is 5.69 Å². The lowest BCUT2D eigenvalue weighted by Crippen LogP contribution is -2.23. The number of thioether (sulfide) groups is 2. The van der Waals surface area contributed by atoms with E-state index in [-0.39, 0.29) is 11.5 Å². The van der Waals surface area contributed by atoms with E-state index in [9.17, 15) is 9.59 Å². The smallest absolute Gasteiger partial charge is 0.251 e. The molecular formula is C17H20ClN3O2S2. The van der Waals surface area contributed by atoms with Crippen molar-refractivity contribution in [3.63, 3.8) is 0 Å². The number of anilines is 1. The van der Waals surface area contributed by atoms with Crippen molar-refractivity contribution >= 4 is 46.7 Å². The van der Waals surface area contributed by atoms with Crippen molar-refractivity contribution in [1.82, 2.24) is 9.97 Å². The van der Waals surface area contributed by atoms with Crippen molar-refractivity contribution in [2.24, 2.45) is 0 Å². The normalized spacial score (nSPS) is 12.0. The number of carbonyl (C=O) groups is 1. The third kappa shape index (κ3) is 5.80. The first-order chi connectivity index (χ1) is 11.9. The highest BCUT2D eigenvalue weighted by Gasteiger charge is 2.17. The van der Waals surface area contributed by atoms with E-state index in [2.05, 4.69) is 22.2 Å². The quantitative estimate of drug-likeness (QED) is 0.543. The molecule has 0 radical (unpaired) electrons. The number of hydrogen-bond acceptors (Lipinski definition) is 5. The summed E-state index contributed by atoms with van der Waals surface area (Å²) in [6.45, 7) is 5.68. The lowest BCUT2D eigenvalue weighted by molar-refractivity contribution is -0.115. The zero-order valence-electron chi connectivity index (χ0n) is 14.3. The largest absolute Gasteiger partial charge is 0.325 e. The number of halogens is 1. The van der Waals surface area contributed by atoms with Crippen LogP contribution in [-0.2, 0) is 10.5 Å². The van der Waals surface area contributed by atoms with Crippen molar-refractivity contribution in [2.75, 3.05) is 11.1 Å². The number of aromatic amines is 1. The predicted molar refractivity (Wildman–Crippen MR) is 107 cm³/mol. The molecule has 1 heterocycles. The number of nitrogens with one attached hydrogen (secondary N) is 2. The van der Waals surface area contributed by atoms with Crippen molar-refractivity contribution < 1.29 is 4.79 Å². The number of rotatable bonds is 7. The minimum absolute atomic E-state index is 0.175. The van der Waals surface area contributed by atoms with Gasteiger partial charge >= 0.3 is 0 Å². The van der Waals surface area contributed by atoms with Gasteiger partial charge in [-0.3, -0.25) is 9.59 Å². The van der Waals surface area contributed by atoms with Gasteiger partial charge in [-0.2, -0.15) is 11.8 Å². The van der Waals surface area contributed by atoms with Crippen LogP contribution in [0.25, 0.3) is 0 Å². The summed E-state index contributed by atoms with van der Waals surface area (Å²) in [5.41, 5.74) is 2.01. The summed E-state index contributed by atoms with van der Waals surface area (Å²) in [4.78, 5) is 31.3. The highest BCUT2D eigenvalue weighted by molar-refractivity contribution is 8.00. The maximum Gasteiger partial charge on any atom is 0.251 e. The van der Waals surface area contributed by atoms with Crippen LogP contribution < -0.4 is 10.9 Å². The number of benzene rings is 1. The molecule has 2 rings (SSSR count). The predicted octanol–water partition coefficient (Wildman–Crippen LogP) is 4.10. The molecule has 8 heteroatoms. The first-order valence-electron chi connectivity index (χ1n) is 7.81. The van der Waals surface area contributed by atoms with E-state index in [0.29, 0.717) is 21.6 Å². The topological polar surface area (TPSA) is 74.8 Å². The molecular weight excluding hydrogens is 378 g/mol. The summed E-state index contributed by atoms with van der Waals surface area (Å²) in [5, 5.41) is 3.50. The maximum absolute atomic E-state index is 12.4. The molecule has 1 atom stereocenters. The van der Waals surface area contributed by atoms with Crippen LogP contribution in [-0.4, -0.2) is 26.9 Å². The van der Waals surface area contributed by atoms with Gasteiger partial charge in [-0.25, -0.2) is 4.98 Å². The van der Waals surface area contributed by atoms with Crippen LogP contribution in [0.2, 0.25) is 5.02 Å². The third-order valence-corrected chi connectivity index (χ3v) is 5.71. The van der Waals surface area contributed by atoms with E-state index < -0.39 is 5.25 Å². The molecule has 25 heavy (non-hydrogen) atoms. The van der Waals surface area contributed by atoms with Crippen LogP contribution in [0.5, 0.6) is 0 Å². The Morgan fingerprint density at radius 2 is 2.20 bits per heavy atom. The Bertz CT molecular complexity index is 811. The Balaban J connectivity index is 2.07. The van der Waals surface area contributed by atoms with Crippen molar-refractivity contribution in [1.29, 1.82) is 0 Å². The Hall–Kier alpha value is -1.44. The van der Waals surface area contributed by atoms with Gasteiger partial charge in [-0.1, -0.05) is 36.4 Å². The molecule has 0 saturated carbocycles. The summed E-state index contributed by atoms with van der Waals surface area (Å²) in [6.07, 6.45) is 0. The van der Waals surface area contributed by atoms with Crippen LogP contribution >= 0.6 is 35.1 Å². The van der Waals surface area contributed by atoms with Gasteiger partial charge in [0.15, 0.2) is 5.16 Å². The number of amides is 1. The summed E-state index contributed by atoms with van der Waals surface area (Å²) < 4.78 is 0. The molecule has 0 aliphatic rings. The average Bonchev–Trinajstić information content (AvgIpc) is 2.56. The molecule has 0 spiro atoms. The fourth-order valence-corrected chi connectivity index (χ4v) is 3.58. The van der Waals surface area contributed by atoms with Gasteiger partial charge < -0.3 is 10.3 Å². The second kappa shape index (κ2) is 9.31. The van der Waals surface area contributed by atoms with E-state index in [1.54, 1.807) is 36.9 Å². The number of aromatic nitrogens is 2. The van der Waals surface area contributed by atoms with E-state index in [1.165, 1.54) is 17.8 Å². The molecule has 2 N–H and O–H groups in total. The van der Waals surface area contributed by atoms with E-state index in [4.69, 9.17) is 11.6 Å². The first-order valence-corrected chi connectivity index (χ1v) is 10.2. The highest BCUT2D eigenvalue weighted by Crippen LogP contribution is 2.25. The summed E-state index contributed by atoms with van der Waals surface area (Å²) in [7, 11) is 0. The SMILES string of the molecule is CCSCc1cc(=O)[nH]c(SC(C)C(=O)Nc2cccc(Cl)c2C)n1. The zero-order valence-corrected chi connectivity index (χ0v) is 16.6. The molecule has 0 aliphatic heterocycles. The molecule has 1 amide bonds. The van der Waals surface area contributed by atoms with Crippen molar-refractivity contribution in [3.05, 3.63) is 50.9 Å². The standard InChI is InChI=1S/C17H20ClN3O2S2/c1-4-24-9-12-8-15(22)21-17(19-12)25-11(3)16(23)20-14-7-5-6-13(18)10(14)2/h5-8,11H,4,9H2,1-3H3,(H,20,23)(H,19,21,22). The molecule has 0 aliphatic carbocycles. The zero-order chi connectivity index (χ0) is 18.4. The van der Waals surface area contributed by atoms with Gasteiger partial charge in [0.05, 0.1) is 10.9 Å². The first kappa shape index (κ1) is 19.9. The number of nitrogens with zero attached hydrogens (tertiary/aromatic N) is 1. The second-order valence-corrected chi connectivity index (χ2v) is 8.35. The summed E-state index contributed by atoms with van der Waals surface area (Å²) in [5.74, 6) is 1.46. The Kier molecular flexibility index (Phi) is 7.40. The number of carbonyl (C=O) groups excluding carboxylic acids is 1. The number of hydrogen-bond donors (Lipinski definition) is 2. The van der Waals surface area contributed by atoms with Crippen LogP contribution in [0.3, 0.4) is 0 Å². The van der Waals surface area contributed by atoms with Gasteiger partial charge in [0, 0.05) is 22.5 Å². The summed E-state index contributed by atoms with van der Waals surface area (Å²) >= 11 is 8.99. The average molecular weight is 398 g/mol. The van der Waals surface area contributed by atoms with E-state index >= 15 is 0 Å². The highest BCUT2D eigenvalue weighted by atomic mass is 35.5. The molecule has 1 aromatic heterocycles. The molecule has 0 bridgehead atoms. The second-order valence-electron chi connectivity index (χ2n) is 5.34. The molecule has 0 saturated heterocycles. The van der Waals surface area contributed by atoms with Crippen molar-refractivity contribution in [3.8, 4) is 0 Å². The Morgan fingerprint density at radius 1 is 1.44 bits per heavy atom. The van der Waals surface area contributed by atoms with Crippen LogP contribution in [0, 0.1) is 6.92 Å². The van der Waals surface area contributed by atoms with Gasteiger partial charge in [0.2, 0.25) is 5.91 Å². The molecule has 1 aromatic carbocycles. The molecule has 5 nitrogen and oxygen atoms in total. The lowest BCUT2D eigenvalue weighted by Gasteiger charge is -2.14. The fraction of sp³-hybridized carbons (Fsp3) is 0.353. The molecule has 134 valence electrons. The fourth-order valence-electron chi connectivity index (χ4n) is 2.02. The van der Waals surface area contributed by atoms with Crippen molar-refractivity contribution in [2.45, 2.75) is 36.9 Å². The van der Waals surface area contributed by atoms with Crippen LogP contribution in [0.1, 0.15) is 25.1 Å². The molecule has 2 aromatic rings. The van der Waals surface area contributed by atoms with Gasteiger partial charge in [0.25, 0.3) is 5.56 Å². The van der Waals surface area contributed by atoms with Gasteiger partial charge in [-0.15, -0.1) is 0 Å². The van der Waals surface area contributed by atoms with Gasteiger partial charge in [0.1, 0.15) is 0 Å². The number of H-pyrrole nitrogens is 1. The minimum Gasteiger partial charge on any atom is -0.325 e. The van der Waals surface area contributed by atoms with E-state index in [1.807, 2.05) is 6.92 Å². The van der Waals surface area contributed by atoms with Gasteiger partial charge in [-0.05, 0) is 37.3 Å². The summed E-state index contributed by atoms with van der Waals surface area (Å²) in [6, 6.07) is 6.86.